The molecule has 1 N–H and O–H groups in total. The Kier molecular flexibility index (Phi) is 4.31. The lowest BCUT2D eigenvalue weighted by Gasteiger charge is -2.05. The summed E-state index contributed by atoms with van der Waals surface area (Å²) in [5.41, 5.74) is 2.14. The molecule has 122 valence electrons. The number of carbonyl (C=O) groups excluding carboxylic acids is 1. The van der Waals surface area contributed by atoms with Crippen LogP contribution < -0.4 is 5.32 Å². The highest BCUT2D eigenvalue weighted by molar-refractivity contribution is 6.30. The van der Waals surface area contributed by atoms with Gasteiger partial charge in [-0.3, -0.25) is 4.79 Å². The standard InChI is InChI=1S/C17H14ClFN4O/c1-10-6-7-13(9-15(10)19)20-17(24)16-11(2)21-23(22-16)14-5-3-4-12(18)8-14/h3-9H,1-2H3,(H,20,24). The molecule has 0 aliphatic heterocycles. The van der Waals surface area contributed by atoms with E-state index in [1.807, 2.05) is 0 Å². The molecule has 7 heteroatoms. The quantitative estimate of drug-likeness (QED) is 0.783. The van der Waals surface area contributed by atoms with Crippen LogP contribution in [0.5, 0.6) is 0 Å². The van der Waals surface area contributed by atoms with E-state index in [9.17, 15) is 9.18 Å². The molecule has 0 fully saturated rings. The molecule has 1 aromatic heterocycles. The number of amides is 1. The van der Waals surface area contributed by atoms with Gasteiger partial charge in [-0.15, -0.1) is 5.10 Å². The van der Waals surface area contributed by atoms with Crippen LogP contribution in [0.3, 0.4) is 0 Å². The zero-order chi connectivity index (χ0) is 17.3. The first kappa shape index (κ1) is 16.1. The molecule has 0 aliphatic rings. The van der Waals surface area contributed by atoms with Gasteiger partial charge in [-0.25, -0.2) is 4.39 Å². The molecular formula is C17H14ClFN4O. The van der Waals surface area contributed by atoms with Gasteiger partial charge in [0, 0.05) is 10.7 Å². The van der Waals surface area contributed by atoms with Crippen molar-refractivity contribution in [3.05, 3.63) is 70.3 Å². The van der Waals surface area contributed by atoms with Crippen LogP contribution in [0.1, 0.15) is 21.7 Å². The highest BCUT2D eigenvalue weighted by Gasteiger charge is 2.17. The number of aromatic nitrogens is 3. The average molecular weight is 345 g/mol. The zero-order valence-electron chi connectivity index (χ0n) is 13.0. The minimum Gasteiger partial charge on any atom is -0.320 e. The largest absolute Gasteiger partial charge is 0.320 e. The van der Waals surface area contributed by atoms with Gasteiger partial charge in [0.15, 0.2) is 5.69 Å². The number of anilines is 1. The lowest BCUT2D eigenvalue weighted by molar-refractivity contribution is 0.102. The van der Waals surface area contributed by atoms with Gasteiger partial charge in [0.2, 0.25) is 0 Å². The van der Waals surface area contributed by atoms with Gasteiger partial charge in [-0.1, -0.05) is 23.7 Å². The first-order valence-corrected chi connectivity index (χ1v) is 7.59. The predicted octanol–water partition coefficient (Wildman–Crippen LogP) is 3.93. The highest BCUT2D eigenvalue weighted by Crippen LogP contribution is 2.17. The van der Waals surface area contributed by atoms with Gasteiger partial charge < -0.3 is 5.32 Å². The maximum absolute atomic E-state index is 13.6. The minimum atomic E-state index is -0.455. The van der Waals surface area contributed by atoms with E-state index in [2.05, 4.69) is 15.5 Å². The van der Waals surface area contributed by atoms with E-state index in [0.717, 1.165) is 0 Å². The summed E-state index contributed by atoms with van der Waals surface area (Å²) >= 11 is 5.96. The Balaban J connectivity index is 1.86. The molecule has 3 aromatic rings. The molecule has 0 saturated heterocycles. The van der Waals surface area contributed by atoms with Crippen molar-refractivity contribution in [3.8, 4) is 5.69 Å². The van der Waals surface area contributed by atoms with Crippen LogP contribution in [0.4, 0.5) is 10.1 Å². The summed E-state index contributed by atoms with van der Waals surface area (Å²) in [6.07, 6.45) is 0. The summed E-state index contributed by atoms with van der Waals surface area (Å²) in [6, 6.07) is 11.5. The van der Waals surface area contributed by atoms with Crippen molar-refractivity contribution in [2.45, 2.75) is 13.8 Å². The number of carbonyl (C=O) groups is 1. The second-order valence-electron chi connectivity index (χ2n) is 5.32. The fourth-order valence-corrected chi connectivity index (χ4v) is 2.35. The van der Waals surface area contributed by atoms with E-state index >= 15 is 0 Å². The van der Waals surface area contributed by atoms with Gasteiger partial charge in [-0.05, 0) is 49.7 Å². The topological polar surface area (TPSA) is 59.8 Å². The Morgan fingerprint density at radius 3 is 2.67 bits per heavy atom. The van der Waals surface area contributed by atoms with Crippen molar-refractivity contribution in [1.29, 1.82) is 0 Å². The lowest BCUT2D eigenvalue weighted by atomic mass is 10.2. The normalized spacial score (nSPS) is 10.7. The molecule has 1 amide bonds. The van der Waals surface area contributed by atoms with Crippen molar-refractivity contribution in [2.24, 2.45) is 0 Å². The molecule has 0 bridgehead atoms. The molecule has 0 radical (unpaired) electrons. The smallest absolute Gasteiger partial charge is 0.278 e. The van der Waals surface area contributed by atoms with Crippen LogP contribution in [0.15, 0.2) is 42.5 Å². The average Bonchev–Trinajstić information content (AvgIpc) is 2.93. The van der Waals surface area contributed by atoms with Crippen molar-refractivity contribution in [3.63, 3.8) is 0 Å². The fraction of sp³-hybridized carbons (Fsp3) is 0.118. The van der Waals surface area contributed by atoms with Crippen molar-refractivity contribution in [1.82, 2.24) is 15.0 Å². The van der Waals surface area contributed by atoms with Gasteiger partial charge in [0.05, 0.1) is 11.4 Å². The number of halogens is 2. The number of hydrogen-bond donors (Lipinski definition) is 1. The second kappa shape index (κ2) is 6.41. The third-order valence-electron chi connectivity index (χ3n) is 3.47. The molecule has 24 heavy (non-hydrogen) atoms. The van der Waals surface area contributed by atoms with Gasteiger partial charge >= 0.3 is 0 Å². The summed E-state index contributed by atoms with van der Waals surface area (Å²) < 4.78 is 13.6. The van der Waals surface area contributed by atoms with E-state index in [1.54, 1.807) is 50.2 Å². The van der Waals surface area contributed by atoms with E-state index < -0.39 is 5.91 Å². The van der Waals surface area contributed by atoms with Crippen LogP contribution >= 0.6 is 11.6 Å². The molecule has 2 aromatic carbocycles. The Bertz CT molecular complexity index is 923. The summed E-state index contributed by atoms with van der Waals surface area (Å²) in [5, 5.41) is 11.6. The van der Waals surface area contributed by atoms with E-state index in [-0.39, 0.29) is 11.5 Å². The van der Waals surface area contributed by atoms with E-state index in [0.29, 0.717) is 27.7 Å². The summed E-state index contributed by atoms with van der Waals surface area (Å²) in [5.74, 6) is -0.837. The Morgan fingerprint density at radius 2 is 1.96 bits per heavy atom. The highest BCUT2D eigenvalue weighted by atomic mass is 35.5. The number of rotatable bonds is 3. The van der Waals surface area contributed by atoms with Crippen LogP contribution in [-0.2, 0) is 0 Å². The molecule has 1 heterocycles. The molecular weight excluding hydrogens is 331 g/mol. The van der Waals surface area contributed by atoms with Gasteiger partial charge in [-0.2, -0.15) is 9.90 Å². The maximum atomic E-state index is 13.6. The second-order valence-corrected chi connectivity index (χ2v) is 5.76. The van der Waals surface area contributed by atoms with Gasteiger partial charge in [0.1, 0.15) is 5.82 Å². The molecule has 0 aliphatic carbocycles. The SMILES string of the molecule is Cc1ccc(NC(=O)c2nn(-c3cccc(Cl)c3)nc2C)cc1F. The van der Waals surface area contributed by atoms with E-state index in [1.165, 1.54) is 10.9 Å². The first-order valence-electron chi connectivity index (χ1n) is 7.21. The van der Waals surface area contributed by atoms with Crippen molar-refractivity contribution < 1.29 is 9.18 Å². The van der Waals surface area contributed by atoms with Crippen molar-refractivity contribution >= 4 is 23.2 Å². The van der Waals surface area contributed by atoms with Crippen LogP contribution in [0.25, 0.3) is 5.69 Å². The lowest BCUT2D eigenvalue weighted by Crippen LogP contribution is -2.14. The first-order chi connectivity index (χ1) is 11.4. The Hall–Kier alpha value is -2.73. The number of aryl methyl sites for hydroxylation is 2. The molecule has 0 spiro atoms. The van der Waals surface area contributed by atoms with Gasteiger partial charge in [0.25, 0.3) is 5.91 Å². The van der Waals surface area contributed by atoms with Crippen LogP contribution in [0.2, 0.25) is 5.02 Å². The monoisotopic (exact) mass is 344 g/mol. The molecule has 5 nitrogen and oxygen atoms in total. The molecule has 0 unspecified atom stereocenters. The molecule has 0 atom stereocenters. The van der Waals surface area contributed by atoms with Crippen LogP contribution in [0, 0.1) is 19.7 Å². The third kappa shape index (κ3) is 3.28. The summed E-state index contributed by atoms with van der Waals surface area (Å²) in [4.78, 5) is 13.7. The van der Waals surface area contributed by atoms with E-state index in [4.69, 9.17) is 11.6 Å². The Labute approximate surface area is 143 Å². The summed E-state index contributed by atoms with van der Waals surface area (Å²) in [7, 11) is 0. The number of hydrogen-bond acceptors (Lipinski definition) is 3. The Morgan fingerprint density at radius 1 is 1.17 bits per heavy atom. The predicted molar refractivity (Wildman–Crippen MR) is 90.2 cm³/mol. The maximum Gasteiger partial charge on any atom is 0.278 e. The number of benzene rings is 2. The number of nitrogens with zero attached hydrogens (tertiary/aromatic N) is 3. The minimum absolute atomic E-state index is 0.163. The molecule has 0 saturated carbocycles. The molecule has 3 rings (SSSR count). The van der Waals surface area contributed by atoms with Crippen molar-refractivity contribution in [2.75, 3.05) is 5.32 Å². The zero-order valence-corrected chi connectivity index (χ0v) is 13.8. The third-order valence-corrected chi connectivity index (χ3v) is 3.70. The number of nitrogens with one attached hydrogen (secondary N) is 1. The van der Waals surface area contributed by atoms with Crippen LogP contribution in [-0.4, -0.2) is 20.9 Å². The fourth-order valence-electron chi connectivity index (χ4n) is 2.17. The summed E-state index contributed by atoms with van der Waals surface area (Å²) in [6.45, 7) is 3.33.